The van der Waals surface area contributed by atoms with E-state index >= 15 is 0 Å². The fourth-order valence-corrected chi connectivity index (χ4v) is 2.96. The lowest BCUT2D eigenvalue weighted by Crippen LogP contribution is -2.35. The molecule has 0 aliphatic carbocycles. The van der Waals surface area contributed by atoms with E-state index in [-0.39, 0.29) is 12.6 Å². The van der Waals surface area contributed by atoms with Crippen LogP contribution in [0, 0.1) is 11.6 Å². The van der Waals surface area contributed by atoms with Crippen molar-refractivity contribution in [1.82, 2.24) is 4.72 Å². The molecular formula is C10H12F2N2O3S. The molecule has 1 aliphatic heterocycles. The van der Waals surface area contributed by atoms with Gasteiger partial charge in [0.1, 0.15) is 0 Å². The highest BCUT2D eigenvalue weighted by atomic mass is 32.2. The summed E-state index contributed by atoms with van der Waals surface area (Å²) < 4.78 is 57.2. The molecule has 0 amide bonds. The van der Waals surface area contributed by atoms with Gasteiger partial charge in [0, 0.05) is 12.6 Å². The largest absolute Gasteiger partial charge is 0.396 e. The Labute approximate surface area is 103 Å². The highest BCUT2D eigenvalue weighted by molar-refractivity contribution is 7.89. The maximum absolute atomic E-state index is 13.1. The molecular weight excluding hydrogens is 266 g/mol. The summed E-state index contributed by atoms with van der Waals surface area (Å²) in [6.45, 7) is 0.728. The van der Waals surface area contributed by atoms with Gasteiger partial charge in [0.15, 0.2) is 11.6 Å². The zero-order valence-corrected chi connectivity index (χ0v) is 10.1. The van der Waals surface area contributed by atoms with Crippen LogP contribution in [0.5, 0.6) is 0 Å². The molecule has 18 heavy (non-hydrogen) atoms. The van der Waals surface area contributed by atoms with Crippen molar-refractivity contribution in [3.05, 3.63) is 23.8 Å². The second-order valence-corrected chi connectivity index (χ2v) is 5.70. The van der Waals surface area contributed by atoms with Gasteiger partial charge in [-0.25, -0.2) is 21.9 Å². The van der Waals surface area contributed by atoms with Crippen molar-refractivity contribution in [3.63, 3.8) is 0 Å². The molecule has 1 aliphatic rings. The lowest BCUT2D eigenvalue weighted by atomic mass is 10.3. The number of nitrogen functional groups attached to an aromatic ring is 1. The fraction of sp³-hybridized carbons (Fsp3) is 0.400. The minimum absolute atomic E-state index is 0.262. The van der Waals surface area contributed by atoms with Crippen LogP contribution in [0.4, 0.5) is 14.5 Å². The molecule has 8 heteroatoms. The molecule has 1 aromatic carbocycles. The predicted octanol–water partition coefficient (Wildman–Crippen LogP) is 0.614. The van der Waals surface area contributed by atoms with Crippen LogP contribution >= 0.6 is 0 Å². The van der Waals surface area contributed by atoms with E-state index in [1.54, 1.807) is 0 Å². The Bertz CT molecular complexity index is 533. The van der Waals surface area contributed by atoms with Crippen LogP contribution in [0.1, 0.15) is 6.42 Å². The van der Waals surface area contributed by atoms with Gasteiger partial charge in [-0.05, 0) is 18.6 Å². The zero-order valence-electron chi connectivity index (χ0n) is 9.32. The number of sulfonamides is 1. The van der Waals surface area contributed by atoms with Crippen LogP contribution in [0.25, 0.3) is 0 Å². The molecule has 2 rings (SSSR count). The molecule has 1 unspecified atom stereocenters. The maximum atomic E-state index is 13.1. The number of anilines is 1. The molecule has 0 saturated carbocycles. The number of nitrogens with one attached hydrogen (secondary N) is 1. The molecule has 0 bridgehead atoms. The van der Waals surface area contributed by atoms with E-state index in [1.165, 1.54) is 0 Å². The van der Waals surface area contributed by atoms with Gasteiger partial charge in [0.2, 0.25) is 10.0 Å². The molecule has 1 heterocycles. The van der Waals surface area contributed by atoms with E-state index in [1.807, 2.05) is 0 Å². The van der Waals surface area contributed by atoms with Gasteiger partial charge in [-0.1, -0.05) is 0 Å². The molecule has 5 nitrogen and oxygen atoms in total. The molecule has 0 aromatic heterocycles. The number of hydrogen-bond donors (Lipinski definition) is 2. The SMILES string of the molecule is Nc1cc(S(=O)(=O)NC2CCOC2)cc(F)c1F. The van der Waals surface area contributed by atoms with Crippen molar-refractivity contribution in [1.29, 1.82) is 0 Å². The summed E-state index contributed by atoms with van der Waals surface area (Å²) in [7, 11) is -3.92. The van der Waals surface area contributed by atoms with Crippen LogP contribution in [0.2, 0.25) is 0 Å². The van der Waals surface area contributed by atoms with Crippen molar-refractivity contribution in [2.75, 3.05) is 18.9 Å². The van der Waals surface area contributed by atoms with Gasteiger partial charge in [-0.2, -0.15) is 0 Å². The van der Waals surface area contributed by atoms with Gasteiger partial charge in [0.25, 0.3) is 0 Å². The highest BCUT2D eigenvalue weighted by Gasteiger charge is 2.25. The normalized spacial score (nSPS) is 20.2. The van der Waals surface area contributed by atoms with Crippen LogP contribution in [0.3, 0.4) is 0 Å². The van der Waals surface area contributed by atoms with Gasteiger partial charge < -0.3 is 10.5 Å². The Morgan fingerprint density at radius 1 is 1.39 bits per heavy atom. The van der Waals surface area contributed by atoms with Gasteiger partial charge in [0.05, 0.1) is 17.2 Å². The van der Waals surface area contributed by atoms with Crippen LogP contribution in [0.15, 0.2) is 17.0 Å². The van der Waals surface area contributed by atoms with Crippen molar-refractivity contribution in [2.45, 2.75) is 17.4 Å². The molecule has 1 atom stereocenters. The minimum atomic E-state index is -3.92. The molecule has 0 radical (unpaired) electrons. The Morgan fingerprint density at radius 3 is 2.67 bits per heavy atom. The first-order chi connectivity index (χ1) is 8.40. The van der Waals surface area contributed by atoms with Crippen LogP contribution in [-0.2, 0) is 14.8 Å². The summed E-state index contributed by atoms with van der Waals surface area (Å²) >= 11 is 0. The summed E-state index contributed by atoms with van der Waals surface area (Å²) in [5, 5.41) is 0. The number of ether oxygens (including phenoxy) is 1. The number of rotatable bonds is 3. The van der Waals surface area contributed by atoms with Crippen molar-refractivity contribution < 1.29 is 21.9 Å². The second kappa shape index (κ2) is 4.79. The lowest BCUT2D eigenvalue weighted by Gasteiger charge is -2.12. The minimum Gasteiger partial charge on any atom is -0.396 e. The molecule has 1 aromatic rings. The number of halogens is 2. The van der Waals surface area contributed by atoms with Crippen molar-refractivity contribution in [2.24, 2.45) is 0 Å². The van der Waals surface area contributed by atoms with Gasteiger partial charge in [-0.3, -0.25) is 0 Å². The monoisotopic (exact) mass is 278 g/mol. The Balaban J connectivity index is 2.29. The fourth-order valence-electron chi connectivity index (χ4n) is 1.65. The first kappa shape index (κ1) is 13.2. The maximum Gasteiger partial charge on any atom is 0.241 e. The number of nitrogens with two attached hydrogens (primary N) is 1. The van der Waals surface area contributed by atoms with Gasteiger partial charge in [-0.15, -0.1) is 0 Å². The zero-order chi connectivity index (χ0) is 13.3. The molecule has 0 spiro atoms. The van der Waals surface area contributed by atoms with E-state index in [0.29, 0.717) is 19.1 Å². The van der Waals surface area contributed by atoms with E-state index in [0.717, 1.165) is 6.07 Å². The summed E-state index contributed by atoms with van der Waals surface area (Å²) in [6, 6.07) is 1.13. The molecule has 3 N–H and O–H groups in total. The average molecular weight is 278 g/mol. The lowest BCUT2D eigenvalue weighted by molar-refractivity contribution is 0.192. The van der Waals surface area contributed by atoms with Crippen LogP contribution < -0.4 is 10.5 Å². The number of benzene rings is 1. The molecule has 1 saturated heterocycles. The Hall–Kier alpha value is -1.25. The summed E-state index contributed by atoms with van der Waals surface area (Å²) in [4.78, 5) is -0.397. The van der Waals surface area contributed by atoms with E-state index < -0.39 is 32.2 Å². The van der Waals surface area contributed by atoms with Crippen molar-refractivity contribution >= 4 is 15.7 Å². The summed E-state index contributed by atoms with van der Waals surface area (Å²) in [5.41, 5.74) is 4.65. The van der Waals surface area contributed by atoms with Crippen LogP contribution in [-0.4, -0.2) is 27.7 Å². The van der Waals surface area contributed by atoms with E-state index in [2.05, 4.69) is 4.72 Å². The summed E-state index contributed by atoms with van der Waals surface area (Å²) in [6.07, 6.45) is 0.540. The molecule has 1 fully saturated rings. The third kappa shape index (κ3) is 2.60. The van der Waals surface area contributed by atoms with E-state index in [4.69, 9.17) is 10.5 Å². The Kier molecular flexibility index (Phi) is 3.51. The van der Waals surface area contributed by atoms with Crippen molar-refractivity contribution in [3.8, 4) is 0 Å². The second-order valence-electron chi connectivity index (χ2n) is 3.99. The first-order valence-corrected chi connectivity index (χ1v) is 6.73. The van der Waals surface area contributed by atoms with E-state index in [9.17, 15) is 17.2 Å². The smallest absolute Gasteiger partial charge is 0.241 e. The predicted molar refractivity (Wildman–Crippen MR) is 60.3 cm³/mol. The summed E-state index contributed by atoms with van der Waals surface area (Å²) in [5.74, 6) is -2.55. The Morgan fingerprint density at radius 2 is 2.11 bits per heavy atom. The highest BCUT2D eigenvalue weighted by Crippen LogP contribution is 2.21. The molecule has 100 valence electrons. The average Bonchev–Trinajstić information content (AvgIpc) is 2.77. The first-order valence-electron chi connectivity index (χ1n) is 5.25. The standard InChI is InChI=1S/C10H12F2N2O3S/c11-8-3-7(4-9(13)10(8)12)18(15,16)14-6-1-2-17-5-6/h3-4,6,14H,1-2,5,13H2. The third-order valence-electron chi connectivity index (χ3n) is 2.59. The van der Waals surface area contributed by atoms with Gasteiger partial charge >= 0.3 is 0 Å². The third-order valence-corrected chi connectivity index (χ3v) is 4.09. The quantitative estimate of drug-likeness (QED) is 0.794. The number of hydrogen-bond acceptors (Lipinski definition) is 4. The topological polar surface area (TPSA) is 81.4 Å².